The van der Waals surface area contributed by atoms with E-state index >= 15 is 0 Å². The number of carboxylic acid groups (broad SMARTS) is 1. The van der Waals surface area contributed by atoms with Crippen LogP contribution >= 0.6 is 0 Å². The molecule has 0 aliphatic rings. The van der Waals surface area contributed by atoms with Gasteiger partial charge in [-0.3, -0.25) is 4.79 Å². The first-order chi connectivity index (χ1) is 6.54. The summed E-state index contributed by atoms with van der Waals surface area (Å²) < 4.78 is 4.78. The number of hydrogen-bond acceptors (Lipinski definition) is 4. The second-order valence-electron chi connectivity index (χ2n) is 2.45. The lowest BCUT2D eigenvalue weighted by atomic mass is 10.2. The Labute approximate surface area is 79.3 Å². The zero-order valence-corrected chi connectivity index (χ0v) is 7.35. The molecular weight excluding hydrogens is 188 g/mol. The van der Waals surface area contributed by atoms with Gasteiger partial charge < -0.3 is 15.6 Å². The molecule has 0 unspecified atom stereocenters. The van der Waals surface area contributed by atoms with E-state index in [0.717, 1.165) is 0 Å². The normalized spacial score (nSPS) is 9.50. The topological polar surface area (TPSA) is 103 Å². The van der Waals surface area contributed by atoms with Crippen LogP contribution in [0.5, 0.6) is 5.75 Å². The Morgan fingerprint density at radius 1 is 1.43 bits per heavy atom. The number of primary amides is 1. The number of ether oxygens (including phenoxy) is 1. The Morgan fingerprint density at radius 3 is 2.43 bits per heavy atom. The van der Waals surface area contributed by atoms with Crippen LogP contribution in [0.2, 0.25) is 0 Å². The molecule has 0 atom stereocenters. The van der Waals surface area contributed by atoms with Gasteiger partial charge in [0.2, 0.25) is 0 Å². The fraction of sp³-hybridized carbons (Fsp3) is 0.125. The number of hydrogen-bond donors (Lipinski definition) is 2. The van der Waals surface area contributed by atoms with E-state index in [4.69, 9.17) is 15.6 Å². The molecule has 74 valence electrons. The second-order valence-corrected chi connectivity index (χ2v) is 2.45. The average molecular weight is 196 g/mol. The SMILES string of the molecule is COc1cc(C(N)=O)nc(C(=O)O)c1. The second kappa shape index (κ2) is 3.73. The molecule has 1 aromatic rings. The first-order valence-electron chi connectivity index (χ1n) is 3.63. The summed E-state index contributed by atoms with van der Waals surface area (Å²) in [7, 11) is 1.35. The average Bonchev–Trinajstić information content (AvgIpc) is 2.16. The van der Waals surface area contributed by atoms with Gasteiger partial charge in [-0.15, -0.1) is 0 Å². The Hall–Kier alpha value is -2.11. The van der Waals surface area contributed by atoms with Gasteiger partial charge in [0.1, 0.15) is 11.4 Å². The van der Waals surface area contributed by atoms with E-state index in [0.29, 0.717) is 0 Å². The van der Waals surface area contributed by atoms with Crippen molar-refractivity contribution >= 4 is 11.9 Å². The number of methoxy groups -OCH3 is 1. The van der Waals surface area contributed by atoms with E-state index in [1.807, 2.05) is 0 Å². The summed E-state index contributed by atoms with van der Waals surface area (Å²) in [6, 6.07) is 2.48. The molecule has 0 aliphatic carbocycles. The first kappa shape index (κ1) is 9.97. The van der Waals surface area contributed by atoms with Crippen LogP contribution in [0, 0.1) is 0 Å². The van der Waals surface area contributed by atoms with E-state index in [1.165, 1.54) is 19.2 Å². The highest BCUT2D eigenvalue weighted by molar-refractivity contribution is 5.93. The van der Waals surface area contributed by atoms with Crippen LogP contribution in [0.3, 0.4) is 0 Å². The third-order valence-electron chi connectivity index (χ3n) is 1.51. The largest absolute Gasteiger partial charge is 0.497 e. The molecule has 14 heavy (non-hydrogen) atoms. The molecule has 3 N–H and O–H groups in total. The van der Waals surface area contributed by atoms with Crippen LogP contribution < -0.4 is 10.5 Å². The summed E-state index contributed by atoms with van der Waals surface area (Å²) in [6.45, 7) is 0. The maximum atomic E-state index is 10.8. The Bertz CT molecular complexity index is 357. The molecule has 0 radical (unpaired) electrons. The molecule has 1 aromatic heterocycles. The van der Waals surface area contributed by atoms with Gasteiger partial charge in [0.15, 0.2) is 5.69 Å². The van der Waals surface area contributed by atoms with Crippen LogP contribution in [-0.4, -0.2) is 29.1 Å². The number of aromatic nitrogens is 1. The summed E-state index contributed by atoms with van der Waals surface area (Å²) in [4.78, 5) is 24.9. The van der Waals surface area contributed by atoms with E-state index < -0.39 is 11.9 Å². The molecule has 6 heteroatoms. The molecule has 0 fully saturated rings. The molecule has 6 nitrogen and oxygen atoms in total. The lowest BCUT2D eigenvalue weighted by molar-refractivity contribution is 0.0690. The lowest BCUT2D eigenvalue weighted by Crippen LogP contribution is -2.15. The lowest BCUT2D eigenvalue weighted by Gasteiger charge is -2.02. The van der Waals surface area contributed by atoms with Crippen LogP contribution in [0.25, 0.3) is 0 Å². The first-order valence-corrected chi connectivity index (χ1v) is 3.63. The molecule has 0 spiro atoms. The molecule has 0 aromatic carbocycles. The summed E-state index contributed by atoms with van der Waals surface area (Å²) >= 11 is 0. The van der Waals surface area contributed by atoms with Crippen molar-refractivity contribution < 1.29 is 19.4 Å². The van der Waals surface area contributed by atoms with E-state index in [1.54, 1.807) is 0 Å². The number of carboxylic acids is 1. The van der Waals surface area contributed by atoms with Crippen molar-refractivity contribution in [3.05, 3.63) is 23.5 Å². The Morgan fingerprint density at radius 2 is 2.00 bits per heavy atom. The number of pyridine rings is 1. The number of nitrogens with two attached hydrogens (primary N) is 1. The number of rotatable bonds is 3. The van der Waals surface area contributed by atoms with Crippen molar-refractivity contribution in [3.63, 3.8) is 0 Å². The maximum absolute atomic E-state index is 10.8. The fourth-order valence-corrected chi connectivity index (χ4v) is 0.859. The van der Waals surface area contributed by atoms with Crippen molar-refractivity contribution in [1.29, 1.82) is 0 Å². The smallest absolute Gasteiger partial charge is 0.354 e. The fourth-order valence-electron chi connectivity index (χ4n) is 0.859. The molecular formula is C8H8N2O4. The van der Waals surface area contributed by atoms with Gasteiger partial charge in [-0.1, -0.05) is 0 Å². The number of carbonyl (C=O) groups is 2. The van der Waals surface area contributed by atoms with Gasteiger partial charge in [0.05, 0.1) is 7.11 Å². The zero-order valence-electron chi connectivity index (χ0n) is 7.35. The molecule has 0 saturated heterocycles. The quantitative estimate of drug-likeness (QED) is 0.701. The highest BCUT2D eigenvalue weighted by Crippen LogP contribution is 2.13. The van der Waals surface area contributed by atoms with Gasteiger partial charge in [0, 0.05) is 12.1 Å². The van der Waals surface area contributed by atoms with Gasteiger partial charge in [0.25, 0.3) is 5.91 Å². The van der Waals surface area contributed by atoms with Gasteiger partial charge in [-0.2, -0.15) is 0 Å². The van der Waals surface area contributed by atoms with Crippen molar-refractivity contribution in [2.75, 3.05) is 7.11 Å². The van der Waals surface area contributed by atoms with E-state index in [9.17, 15) is 9.59 Å². The number of nitrogens with zero attached hydrogens (tertiary/aromatic N) is 1. The molecule has 1 heterocycles. The highest BCUT2D eigenvalue weighted by atomic mass is 16.5. The van der Waals surface area contributed by atoms with Crippen molar-refractivity contribution in [2.24, 2.45) is 5.73 Å². The highest BCUT2D eigenvalue weighted by Gasteiger charge is 2.11. The third-order valence-corrected chi connectivity index (χ3v) is 1.51. The molecule has 0 aliphatic heterocycles. The van der Waals surface area contributed by atoms with Crippen LogP contribution in [0.1, 0.15) is 21.0 Å². The van der Waals surface area contributed by atoms with Crippen LogP contribution in [0.15, 0.2) is 12.1 Å². The van der Waals surface area contributed by atoms with Crippen LogP contribution in [-0.2, 0) is 0 Å². The van der Waals surface area contributed by atoms with Crippen molar-refractivity contribution in [3.8, 4) is 5.75 Å². The van der Waals surface area contributed by atoms with Crippen molar-refractivity contribution in [2.45, 2.75) is 0 Å². The molecule has 0 bridgehead atoms. The zero-order chi connectivity index (χ0) is 10.7. The third kappa shape index (κ3) is 1.98. The summed E-state index contributed by atoms with van der Waals surface area (Å²) in [6.07, 6.45) is 0. The molecule has 0 saturated carbocycles. The van der Waals surface area contributed by atoms with Gasteiger partial charge in [-0.25, -0.2) is 9.78 Å². The van der Waals surface area contributed by atoms with Gasteiger partial charge >= 0.3 is 5.97 Å². The summed E-state index contributed by atoms with van der Waals surface area (Å²) in [5, 5.41) is 8.64. The van der Waals surface area contributed by atoms with Crippen molar-refractivity contribution in [1.82, 2.24) is 4.98 Å². The Balaban J connectivity index is 3.27. The van der Waals surface area contributed by atoms with E-state index in [-0.39, 0.29) is 17.1 Å². The maximum Gasteiger partial charge on any atom is 0.354 e. The number of aromatic carboxylic acids is 1. The standard InChI is InChI=1S/C8H8N2O4/c1-14-4-2-5(7(9)11)10-6(3-4)8(12)13/h2-3H,1H3,(H2,9,11)(H,12,13). The minimum atomic E-state index is -1.24. The Kier molecular flexibility index (Phi) is 2.66. The number of amides is 1. The minimum absolute atomic E-state index is 0.137. The predicted molar refractivity (Wildman–Crippen MR) is 46.3 cm³/mol. The number of carbonyl (C=O) groups excluding carboxylic acids is 1. The monoisotopic (exact) mass is 196 g/mol. The predicted octanol–water partition coefficient (Wildman–Crippen LogP) is -0.113. The van der Waals surface area contributed by atoms with Crippen LogP contribution in [0.4, 0.5) is 0 Å². The molecule has 1 amide bonds. The molecule has 1 rings (SSSR count). The summed E-state index contributed by atoms with van der Waals surface area (Å²) in [5.41, 5.74) is 4.54. The minimum Gasteiger partial charge on any atom is -0.497 e. The summed E-state index contributed by atoms with van der Waals surface area (Å²) in [5.74, 6) is -1.82. The van der Waals surface area contributed by atoms with Gasteiger partial charge in [-0.05, 0) is 0 Å². The van der Waals surface area contributed by atoms with E-state index in [2.05, 4.69) is 4.98 Å².